The molecule has 0 radical (unpaired) electrons. The number of carbonyl (C=O) groups excluding carboxylic acids is 1. The monoisotopic (exact) mass is 513 g/mol. The lowest BCUT2D eigenvalue weighted by molar-refractivity contribution is -0.121. The van der Waals surface area contributed by atoms with Crippen LogP contribution in [0.5, 0.6) is 0 Å². The Balaban J connectivity index is 1.48. The summed E-state index contributed by atoms with van der Waals surface area (Å²) in [5.41, 5.74) is 6.57. The second kappa shape index (κ2) is 10.6. The van der Waals surface area contributed by atoms with Gasteiger partial charge in [-0.15, -0.1) is 0 Å². The number of nitrogens with one attached hydrogen (secondary N) is 1. The minimum Gasteiger partial charge on any atom is -0.350 e. The number of fused-ring (bicyclic) bond motifs is 1. The Bertz CT molecular complexity index is 1510. The van der Waals surface area contributed by atoms with Gasteiger partial charge in [-0.2, -0.15) is 0 Å². The van der Waals surface area contributed by atoms with E-state index in [1.54, 1.807) is 0 Å². The highest BCUT2D eigenvalue weighted by atomic mass is 35.5. The maximum Gasteiger partial charge on any atom is 0.220 e. The van der Waals surface area contributed by atoms with Gasteiger partial charge in [0.1, 0.15) is 5.65 Å². The molecule has 1 atom stereocenters. The second-order valence-electron chi connectivity index (χ2n) is 8.74. The number of amides is 1. The predicted octanol–water partition coefficient (Wildman–Crippen LogP) is 7.79. The number of nitrogens with zero attached hydrogens (tertiary/aromatic N) is 2. The van der Waals surface area contributed by atoms with E-state index >= 15 is 0 Å². The average Bonchev–Trinajstić information content (AvgIpc) is 3.26. The lowest BCUT2D eigenvalue weighted by Gasteiger charge is -2.14. The van der Waals surface area contributed by atoms with Crippen molar-refractivity contribution >= 4 is 34.8 Å². The first kappa shape index (κ1) is 24.1. The molecule has 0 aliphatic heterocycles. The van der Waals surface area contributed by atoms with Crippen LogP contribution >= 0.6 is 23.2 Å². The van der Waals surface area contributed by atoms with Gasteiger partial charge in [0.15, 0.2) is 0 Å². The topological polar surface area (TPSA) is 46.4 Å². The molecule has 0 fully saturated rings. The van der Waals surface area contributed by atoms with Crippen LogP contribution in [0.3, 0.4) is 0 Å². The molecule has 1 amide bonds. The van der Waals surface area contributed by atoms with E-state index in [1.165, 1.54) is 0 Å². The van der Waals surface area contributed by atoms with Gasteiger partial charge in [0.2, 0.25) is 5.91 Å². The molecule has 1 unspecified atom stereocenters. The van der Waals surface area contributed by atoms with E-state index in [9.17, 15) is 4.79 Å². The summed E-state index contributed by atoms with van der Waals surface area (Å²) in [4.78, 5) is 17.8. The molecular formula is C30H25Cl2N3O. The molecule has 1 N–H and O–H groups in total. The van der Waals surface area contributed by atoms with Crippen molar-refractivity contribution in [3.05, 3.63) is 118 Å². The Morgan fingerprint density at radius 1 is 0.889 bits per heavy atom. The minimum atomic E-state index is -0.0663. The number of hydrogen-bond donors (Lipinski definition) is 1. The van der Waals surface area contributed by atoms with Crippen molar-refractivity contribution in [3.8, 4) is 22.4 Å². The van der Waals surface area contributed by atoms with Gasteiger partial charge < -0.3 is 9.72 Å². The zero-order chi connectivity index (χ0) is 25.1. The van der Waals surface area contributed by atoms with Crippen LogP contribution in [0.15, 0.2) is 97.2 Å². The van der Waals surface area contributed by atoms with Crippen molar-refractivity contribution in [2.75, 3.05) is 0 Å². The third-order valence-corrected chi connectivity index (χ3v) is 6.87. The van der Waals surface area contributed by atoms with Crippen molar-refractivity contribution < 1.29 is 4.79 Å². The van der Waals surface area contributed by atoms with Gasteiger partial charge in [0, 0.05) is 33.8 Å². The molecule has 0 saturated carbocycles. The summed E-state index contributed by atoms with van der Waals surface area (Å²) in [7, 11) is 0. The molecule has 36 heavy (non-hydrogen) atoms. The van der Waals surface area contributed by atoms with Gasteiger partial charge in [-0.05, 0) is 54.8 Å². The normalized spacial score (nSPS) is 12.0. The van der Waals surface area contributed by atoms with E-state index < -0.39 is 0 Å². The SMILES string of the molecule is CC(NC(=O)CCc1c(-c2ccc(Cl)cc2)nc2ccc(-c3ccccc3Cl)cn12)c1ccccc1. The molecule has 5 rings (SSSR count). The first-order valence-corrected chi connectivity index (χ1v) is 12.6. The highest BCUT2D eigenvalue weighted by molar-refractivity contribution is 6.33. The number of rotatable bonds is 7. The standard InChI is InChI=1S/C30H25Cl2N3O/c1-20(21-7-3-2-4-8-21)33-29(36)18-16-27-30(22-11-14-24(31)15-12-22)34-28-17-13-23(19-35(27)28)25-9-5-6-10-26(25)32/h2-15,17,19-20H,16,18H2,1H3,(H,33,36). The quantitative estimate of drug-likeness (QED) is 0.241. The van der Waals surface area contributed by atoms with E-state index in [-0.39, 0.29) is 11.9 Å². The van der Waals surface area contributed by atoms with Crippen LogP contribution in [-0.4, -0.2) is 15.3 Å². The summed E-state index contributed by atoms with van der Waals surface area (Å²) in [5.74, 6) is -0.00869. The Kier molecular flexibility index (Phi) is 7.08. The van der Waals surface area contributed by atoms with E-state index in [0.717, 1.165) is 39.3 Å². The second-order valence-corrected chi connectivity index (χ2v) is 9.58. The average molecular weight is 514 g/mol. The highest BCUT2D eigenvalue weighted by Crippen LogP contribution is 2.31. The fourth-order valence-electron chi connectivity index (χ4n) is 4.40. The zero-order valence-electron chi connectivity index (χ0n) is 19.8. The highest BCUT2D eigenvalue weighted by Gasteiger charge is 2.17. The van der Waals surface area contributed by atoms with Gasteiger partial charge in [-0.25, -0.2) is 4.98 Å². The molecule has 0 bridgehead atoms. The Morgan fingerprint density at radius 2 is 1.58 bits per heavy atom. The van der Waals surface area contributed by atoms with Gasteiger partial charge >= 0.3 is 0 Å². The maximum absolute atomic E-state index is 12.9. The lowest BCUT2D eigenvalue weighted by atomic mass is 10.1. The van der Waals surface area contributed by atoms with E-state index in [0.29, 0.717) is 22.9 Å². The lowest BCUT2D eigenvalue weighted by Crippen LogP contribution is -2.26. The summed E-state index contributed by atoms with van der Waals surface area (Å²) in [6.45, 7) is 2.00. The predicted molar refractivity (Wildman–Crippen MR) is 147 cm³/mol. The number of benzene rings is 3. The molecule has 2 heterocycles. The molecular weight excluding hydrogens is 489 g/mol. The summed E-state index contributed by atoms with van der Waals surface area (Å²) in [6, 6.07) is 29.3. The number of halogens is 2. The first-order chi connectivity index (χ1) is 17.5. The van der Waals surface area contributed by atoms with Crippen LogP contribution in [0.25, 0.3) is 28.0 Å². The maximum atomic E-state index is 12.9. The van der Waals surface area contributed by atoms with E-state index in [2.05, 4.69) is 9.72 Å². The van der Waals surface area contributed by atoms with E-state index in [1.807, 2.05) is 104 Å². The number of aryl methyl sites for hydroxylation is 1. The molecule has 4 nitrogen and oxygen atoms in total. The minimum absolute atomic E-state index is 0.00869. The summed E-state index contributed by atoms with van der Waals surface area (Å²) in [5, 5.41) is 4.47. The molecule has 0 saturated heterocycles. The van der Waals surface area contributed by atoms with Gasteiger partial charge in [-0.3, -0.25) is 4.79 Å². The molecule has 3 aromatic carbocycles. The van der Waals surface area contributed by atoms with Crippen LogP contribution < -0.4 is 5.32 Å². The van der Waals surface area contributed by atoms with Crippen molar-refractivity contribution in [2.24, 2.45) is 0 Å². The smallest absolute Gasteiger partial charge is 0.220 e. The number of aromatic nitrogens is 2. The molecule has 180 valence electrons. The molecule has 6 heteroatoms. The number of hydrogen-bond acceptors (Lipinski definition) is 2. The Labute approximate surface area is 220 Å². The van der Waals surface area contributed by atoms with Crippen LogP contribution in [-0.2, 0) is 11.2 Å². The largest absolute Gasteiger partial charge is 0.350 e. The molecule has 5 aromatic rings. The molecule has 0 aliphatic carbocycles. The van der Waals surface area contributed by atoms with Crippen molar-refractivity contribution in [1.82, 2.24) is 14.7 Å². The van der Waals surface area contributed by atoms with Crippen LogP contribution in [0.4, 0.5) is 0 Å². The third-order valence-electron chi connectivity index (χ3n) is 6.29. The fraction of sp³-hybridized carbons (Fsp3) is 0.133. The van der Waals surface area contributed by atoms with Crippen LogP contribution in [0.1, 0.15) is 30.6 Å². The number of imidazole rings is 1. The Morgan fingerprint density at radius 3 is 2.33 bits per heavy atom. The zero-order valence-corrected chi connectivity index (χ0v) is 21.3. The summed E-state index contributed by atoms with van der Waals surface area (Å²) < 4.78 is 2.07. The van der Waals surface area contributed by atoms with Gasteiger partial charge in [0.05, 0.1) is 17.4 Å². The van der Waals surface area contributed by atoms with Crippen LogP contribution in [0.2, 0.25) is 10.0 Å². The van der Waals surface area contributed by atoms with Gasteiger partial charge in [-0.1, -0.05) is 83.9 Å². The third kappa shape index (κ3) is 5.15. The number of carbonyl (C=O) groups is 1. The summed E-state index contributed by atoms with van der Waals surface area (Å²) in [6.07, 6.45) is 2.91. The Hall–Kier alpha value is -3.60. The van der Waals surface area contributed by atoms with E-state index in [4.69, 9.17) is 28.2 Å². The van der Waals surface area contributed by atoms with Crippen LogP contribution in [0, 0.1) is 0 Å². The molecule has 0 aliphatic rings. The van der Waals surface area contributed by atoms with Crippen molar-refractivity contribution in [3.63, 3.8) is 0 Å². The number of pyridine rings is 1. The first-order valence-electron chi connectivity index (χ1n) is 11.9. The van der Waals surface area contributed by atoms with Gasteiger partial charge in [0.25, 0.3) is 0 Å². The molecule has 0 spiro atoms. The summed E-state index contributed by atoms with van der Waals surface area (Å²) >= 11 is 12.6. The molecule has 2 aromatic heterocycles. The fourth-order valence-corrected chi connectivity index (χ4v) is 4.77. The van der Waals surface area contributed by atoms with Crippen molar-refractivity contribution in [2.45, 2.75) is 25.8 Å². The van der Waals surface area contributed by atoms with Crippen molar-refractivity contribution in [1.29, 1.82) is 0 Å².